The monoisotopic (exact) mass is 347 g/mol. The molecular weight excluding hydrogens is 314 g/mol. The highest BCUT2D eigenvalue weighted by Gasteiger charge is 2.42. The van der Waals surface area contributed by atoms with Gasteiger partial charge in [-0.15, -0.1) is 0 Å². The summed E-state index contributed by atoms with van der Waals surface area (Å²) in [6, 6.07) is 7.63. The second kappa shape index (κ2) is 9.81. The summed E-state index contributed by atoms with van der Waals surface area (Å²) in [6.45, 7) is 7.79. The molecule has 0 aromatic heterocycles. The average Bonchev–Trinajstić information content (AvgIpc) is 2.61. The van der Waals surface area contributed by atoms with E-state index in [0.717, 1.165) is 56.6 Å². The summed E-state index contributed by atoms with van der Waals surface area (Å²) in [5, 5.41) is 3.06. The van der Waals surface area contributed by atoms with E-state index in [1.807, 2.05) is 24.3 Å². The lowest BCUT2D eigenvalue weighted by Crippen LogP contribution is -2.48. The normalized spacial score (nSPS) is 23.2. The number of ether oxygens (including phenoxy) is 2. The quantitative estimate of drug-likeness (QED) is 0.626. The minimum absolute atomic E-state index is 0.00727. The van der Waals surface area contributed by atoms with Gasteiger partial charge >= 0.3 is 0 Å². The van der Waals surface area contributed by atoms with Crippen molar-refractivity contribution < 1.29 is 14.3 Å². The Balaban J connectivity index is 1.99. The van der Waals surface area contributed by atoms with Gasteiger partial charge in [0.1, 0.15) is 11.4 Å². The molecule has 0 heterocycles. The van der Waals surface area contributed by atoms with Gasteiger partial charge in [-0.1, -0.05) is 33.6 Å². The van der Waals surface area contributed by atoms with Crippen molar-refractivity contribution in [1.29, 1.82) is 0 Å². The minimum Gasteiger partial charge on any atom is -0.494 e. The van der Waals surface area contributed by atoms with Crippen LogP contribution in [-0.4, -0.2) is 24.7 Å². The number of benzene rings is 1. The fourth-order valence-electron chi connectivity index (χ4n) is 3.42. The van der Waals surface area contributed by atoms with E-state index >= 15 is 0 Å². The van der Waals surface area contributed by atoms with Crippen LogP contribution >= 0.6 is 0 Å². The Morgan fingerprint density at radius 2 is 1.96 bits per heavy atom. The topological polar surface area (TPSA) is 47.6 Å². The number of unbranched alkanes of at least 4 members (excludes halogenated alkanes) is 1. The SMILES string of the molecule is CCCCOc1ccc(NC(=O)[C@@]2(OCCC)CCC[C@@H](C)C2)cc1. The Hall–Kier alpha value is -1.55. The second-order valence-electron chi connectivity index (χ2n) is 7.22. The lowest BCUT2D eigenvalue weighted by atomic mass is 9.78. The summed E-state index contributed by atoms with van der Waals surface area (Å²) in [5.74, 6) is 1.35. The van der Waals surface area contributed by atoms with Gasteiger partial charge in [0.2, 0.25) is 0 Å². The maximum Gasteiger partial charge on any atom is 0.256 e. The molecule has 140 valence electrons. The summed E-state index contributed by atoms with van der Waals surface area (Å²) in [5.41, 5.74) is 0.120. The predicted molar refractivity (Wildman–Crippen MR) is 102 cm³/mol. The summed E-state index contributed by atoms with van der Waals surface area (Å²) in [7, 11) is 0. The molecule has 1 aromatic rings. The highest BCUT2D eigenvalue weighted by atomic mass is 16.5. The first kappa shape index (κ1) is 19.8. The van der Waals surface area contributed by atoms with Crippen LogP contribution in [0.3, 0.4) is 0 Å². The van der Waals surface area contributed by atoms with Gasteiger partial charge in [0.05, 0.1) is 6.61 Å². The van der Waals surface area contributed by atoms with Gasteiger partial charge in [0.15, 0.2) is 0 Å². The summed E-state index contributed by atoms with van der Waals surface area (Å²) >= 11 is 0. The molecule has 0 unspecified atom stereocenters. The van der Waals surface area contributed by atoms with Crippen molar-refractivity contribution >= 4 is 11.6 Å². The molecule has 2 atom stereocenters. The van der Waals surface area contributed by atoms with Gasteiger partial charge in [0, 0.05) is 12.3 Å². The van der Waals surface area contributed by atoms with Crippen molar-refractivity contribution in [1.82, 2.24) is 0 Å². The largest absolute Gasteiger partial charge is 0.494 e. The molecule has 25 heavy (non-hydrogen) atoms. The molecule has 4 heteroatoms. The zero-order valence-corrected chi connectivity index (χ0v) is 16.0. The number of carbonyl (C=O) groups is 1. The van der Waals surface area contributed by atoms with E-state index in [-0.39, 0.29) is 5.91 Å². The Morgan fingerprint density at radius 1 is 1.20 bits per heavy atom. The Bertz CT molecular complexity index is 528. The zero-order valence-electron chi connectivity index (χ0n) is 16.0. The van der Waals surface area contributed by atoms with Gasteiger partial charge in [-0.05, 0) is 62.3 Å². The first-order chi connectivity index (χ1) is 12.1. The van der Waals surface area contributed by atoms with E-state index in [9.17, 15) is 4.79 Å². The highest BCUT2D eigenvalue weighted by molar-refractivity contribution is 5.97. The molecule has 1 amide bonds. The number of hydrogen-bond donors (Lipinski definition) is 1. The van der Waals surface area contributed by atoms with E-state index in [4.69, 9.17) is 9.47 Å². The number of anilines is 1. The minimum atomic E-state index is -0.677. The van der Waals surface area contributed by atoms with Crippen molar-refractivity contribution in [3.63, 3.8) is 0 Å². The lowest BCUT2D eigenvalue weighted by molar-refractivity contribution is -0.148. The highest BCUT2D eigenvalue weighted by Crippen LogP contribution is 2.36. The van der Waals surface area contributed by atoms with Crippen molar-refractivity contribution in [3.8, 4) is 5.75 Å². The predicted octanol–water partition coefficient (Wildman–Crippen LogP) is 5.18. The van der Waals surface area contributed by atoms with E-state index in [1.165, 1.54) is 6.42 Å². The van der Waals surface area contributed by atoms with Crippen LogP contribution in [-0.2, 0) is 9.53 Å². The van der Waals surface area contributed by atoms with Crippen LogP contribution in [0.5, 0.6) is 5.75 Å². The van der Waals surface area contributed by atoms with Crippen LogP contribution in [0.2, 0.25) is 0 Å². The first-order valence-electron chi connectivity index (χ1n) is 9.78. The van der Waals surface area contributed by atoms with E-state index in [1.54, 1.807) is 0 Å². The fourth-order valence-corrected chi connectivity index (χ4v) is 3.42. The van der Waals surface area contributed by atoms with Crippen LogP contribution in [0.25, 0.3) is 0 Å². The molecule has 4 nitrogen and oxygen atoms in total. The molecule has 2 rings (SSSR count). The Morgan fingerprint density at radius 3 is 2.60 bits per heavy atom. The summed E-state index contributed by atoms with van der Waals surface area (Å²) in [4.78, 5) is 13.0. The third-order valence-electron chi connectivity index (χ3n) is 4.83. The van der Waals surface area contributed by atoms with Gasteiger partial charge in [-0.3, -0.25) is 4.79 Å². The van der Waals surface area contributed by atoms with Crippen LogP contribution in [0.15, 0.2) is 24.3 Å². The Kier molecular flexibility index (Phi) is 7.76. The second-order valence-corrected chi connectivity index (χ2v) is 7.22. The molecule has 0 saturated heterocycles. The van der Waals surface area contributed by atoms with Crippen molar-refractivity contribution in [2.45, 2.75) is 71.3 Å². The molecule has 0 bridgehead atoms. The van der Waals surface area contributed by atoms with Crippen molar-refractivity contribution in [2.24, 2.45) is 5.92 Å². The number of rotatable bonds is 9. The van der Waals surface area contributed by atoms with Crippen molar-refractivity contribution in [2.75, 3.05) is 18.5 Å². The molecule has 0 aliphatic heterocycles. The summed E-state index contributed by atoms with van der Waals surface area (Å²) < 4.78 is 11.7. The fraction of sp³-hybridized carbons (Fsp3) is 0.667. The lowest BCUT2D eigenvalue weighted by Gasteiger charge is -2.38. The molecule has 1 N–H and O–H groups in total. The number of amides is 1. The Labute approximate surface area is 152 Å². The molecule has 1 aromatic carbocycles. The van der Waals surface area contributed by atoms with Crippen molar-refractivity contribution in [3.05, 3.63) is 24.3 Å². The number of carbonyl (C=O) groups excluding carboxylic acids is 1. The maximum atomic E-state index is 13.0. The molecular formula is C21H33NO3. The molecule has 1 saturated carbocycles. The van der Waals surface area contributed by atoms with Gasteiger partial charge < -0.3 is 14.8 Å². The molecule has 1 aliphatic rings. The molecule has 0 spiro atoms. The van der Waals surface area contributed by atoms with Gasteiger partial charge in [-0.2, -0.15) is 0 Å². The van der Waals surface area contributed by atoms with Gasteiger partial charge in [0.25, 0.3) is 5.91 Å². The third-order valence-corrected chi connectivity index (χ3v) is 4.83. The number of nitrogens with one attached hydrogen (secondary N) is 1. The van der Waals surface area contributed by atoms with Crippen LogP contribution in [0.4, 0.5) is 5.69 Å². The molecule has 1 fully saturated rings. The van der Waals surface area contributed by atoms with E-state index in [2.05, 4.69) is 26.1 Å². The van der Waals surface area contributed by atoms with E-state index < -0.39 is 5.60 Å². The van der Waals surface area contributed by atoms with Crippen LogP contribution in [0, 0.1) is 5.92 Å². The van der Waals surface area contributed by atoms with E-state index in [0.29, 0.717) is 12.5 Å². The molecule has 1 aliphatic carbocycles. The summed E-state index contributed by atoms with van der Waals surface area (Å²) in [6.07, 6.45) is 6.92. The number of hydrogen-bond acceptors (Lipinski definition) is 3. The smallest absolute Gasteiger partial charge is 0.256 e. The van der Waals surface area contributed by atoms with Gasteiger partial charge in [-0.25, -0.2) is 0 Å². The maximum absolute atomic E-state index is 13.0. The van der Waals surface area contributed by atoms with Crippen LogP contribution < -0.4 is 10.1 Å². The standard InChI is InChI=1S/C21H33NO3/c1-4-6-15-24-19-11-9-18(10-12-19)22-20(23)21(25-14-5-2)13-7-8-17(3)16-21/h9-12,17H,4-8,13-16H2,1-3H3,(H,22,23)/t17-,21-/m1/s1. The molecule has 0 radical (unpaired) electrons. The first-order valence-corrected chi connectivity index (χ1v) is 9.78. The average molecular weight is 347 g/mol. The van der Waals surface area contributed by atoms with Crippen LogP contribution in [0.1, 0.15) is 65.7 Å². The zero-order chi connectivity index (χ0) is 18.1. The third kappa shape index (κ3) is 5.74.